The summed E-state index contributed by atoms with van der Waals surface area (Å²) in [6.45, 7) is 17.8. The second kappa shape index (κ2) is 18.0. The fourth-order valence-corrected chi connectivity index (χ4v) is 9.33. The molecule has 312 valence electrons. The second-order valence-electron chi connectivity index (χ2n) is 17.4. The third-order valence-electron chi connectivity index (χ3n) is 12.1. The maximum Gasteiger partial charge on any atom is 0.199 e. The molecule has 0 spiro atoms. The van der Waals surface area contributed by atoms with E-state index in [-0.39, 0.29) is 36.5 Å². The van der Waals surface area contributed by atoms with E-state index in [0.29, 0.717) is 25.0 Å². The highest BCUT2D eigenvalue weighted by Gasteiger charge is 2.48. The maximum atomic E-state index is 7.05. The van der Waals surface area contributed by atoms with Crippen molar-refractivity contribution >= 4 is 11.8 Å². The summed E-state index contributed by atoms with van der Waals surface area (Å²) in [5, 5.41) is 0. The molecule has 6 aromatic rings. The van der Waals surface area contributed by atoms with Gasteiger partial charge in [0.15, 0.2) is 11.8 Å². The minimum absolute atomic E-state index is 0.274. The van der Waals surface area contributed by atoms with Gasteiger partial charge in [-0.25, -0.2) is 9.98 Å². The van der Waals surface area contributed by atoms with Crippen LogP contribution in [0.4, 0.5) is 0 Å². The number of aliphatic imine (C=N–C) groups is 2. The lowest BCUT2D eigenvalue weighted by molar-refractivity contribution is 0.00498. The summed E-state index contributed by atoms with van der Waals surface area (Å²) in [5.41, 5.74) is 13.1. The molecule has 0 aliphatic carbocycles. The molecule has 0 bridgehead atoms. The maximum absolute atomic E-state index is 7.05. The van der Waals surface area contributed by atoms with Gasteiger partial charge in [0.2, 0.25) is 0 Å². The van der Waals surface area contributed by atoms with Crippen molar-refractivity contribution in [1.82, 2.24) is 0 Å². The van der Waals surface area contributed by atoms with Crippen molar-refractivity contribution in [2.75, 3.05) is 13.2 Å². The first-order valence-electron chi connectivity index (χ1n) is 21.6. The van der Waals surface area contributed by atoms with Crippen LogP contribution in [0.25, 0.3) is 0 Å². The van der Waals surface area contributed by atoms with Crippen LogP contribution in [-0.2, 0) is 18.9 Å². The quantitative estimate of drug-likeness (QED) is 0.110. The number of ether oxygens (including phenoxy) is 4. The largest absolute Gasteiger partial charge is 0.472 e. The third-order valence-corrected chi connectivity index (χ3v) is 12.1. The molecule has 8 rings (SSSR count). The minimum atomic E-state index is -0.810. The molecule has 2 aliphatic rings. The van der Waals surface area contributed by atoms with Crippen LogP contribution in [0.3, 0.4) is 0 Å². The molecular weight excluding hydrogens is 753 g/mol. The Morgan fingerprint density at radius 3 is 1.02 bits per heavy atom. The van der Waals surface area contributed by atoms with Crippen LogP contribution in [0.5, 0.6) is 0 Å². The van der Waals surface area contributed by atoms with Crippen molar-refractivity contribution in [3.8, 4) is 0 Å². The van der Waals surface area contributed by atoms with Gasteiger partial charge >= 0.3 is 0 Å². The summed E-state index contributed by atoms with van der Waals surface area (Å²) >= 11 is 0. The Morgan fingerprint density at radius 1 is 0.459 bits per heavy atom. The van der Waals surface area contributed by atoms with Gasteiger partial charge in [0.25, 0.3) is 0 Å². The van der Waals surface area contributed by atoms with Gasteiger partial charge in [-0.2, -0.15) is 0 Å². The predicted octanol–water partition coefficient (Wildman–Crippen LogP) is 12.6. The monoisotopic (exact) mass is 810 g/mol. The average molecular weight is 811 g/mol. The van der Waals surface area contributed by atoms with E-state index in [2.05, 4.69) is 177 Å². The van der Waals surface area contributed by atoms with Crippen LogP contribution in [0, 0.1) is 47.0 Å². The molecule has 6 aromatic carbocycles. The van der Waals surface area contributed by atoms with E-state index < -0.39 is 5.41 Å². The van der Waals surface area contributed by atoms with Crippen LogP contribution in [0.1, 0.15) is 105 Å². The van der Waals surface area contributed by atoms with Gasteiger partial charge in [-0.3, -0.25) is 0 Å². The lowest BCUT2D eigenvalue weighted by Crippen LogP contribution is -2.37. The molecule has 0 radical (unpaired) electrons. The van der Waals surface area contributed by atoms with Gasteiger partial charge < -0.3 is 18.9 Å². The van der Waals surface area contributed by atoms with E-state index in [9.17, 15) is 0 Å². The molecule has 61 heavy (non-hydrogen) atoms. The summed E-state index contributed by atoms with van der Waals surface area (Å²) in [6.07, 6.45) is -1.32. The Morgan fingerprint density at radius 2 is 0.738 bits per heavy atom. The minimum Gasteiger partial charge on any atom is -0.472 e. The predicted molar refractivity (Wildman–Crippen MR) is 247 cm³/mol. The first kappa shape index (κ1) is 41.9. The van der Waals surface area contributed by atoms with Crippen molar-refractivity contribution in [2.24, 2.45) is 15.4 Å². The Kier molecular flexibility index (Phi) is 12.4. The van der Waals surface area contributed by atoms with Crippen molar-refractivity contribution in [2.45, 2.75) is 91.9 Å². The molecule has 2 aliphatic heterocycles. The van der Waals surface area contributed by atoms with E-state index in [4.69, 9.17) is 28.9 Å². The van der Waals surface area contributed by atoms with E-state index >= 15 is 0 Å². The molecule has 0 unspecified atom stereocenters. The van der Waals surface area contributed by atoms with Gasteiger partial charge in [-0.05, 0) is 111 Å². The first-order valence-corrected chi connectivity index (χ1v) is 21.6. The van der Waals surface area contributed by atoms with Gasteiger partial charge in [0.05, 0.1) is 13.2 Å². The van der Waals surface area contributed by atoms with Gasteiger partial charge in [-0.15, -0.1) is 0 Å². The lowest BCUT2D eigenvalue weighted by atomic mass is 9.91. The molecule has 0 fully saturated rings. The van der Waals surface area contributed by atoms with Gasteiger partial charge in [0, 0.05) is 0 Å². The summed E-state index contributed by atoms with van der Waals surface area (Å²) in [4.78, 5) is 11.0. The van der Waals surface area contributed by atoms with Crippen molar-refractivity contribution in [3.63, 3.8) is 0 Å². The summed E-state index contributed by atoms with van der Waals surface area (Å²) in [7, 11) is 0. The molecule has 0 N–H and O–H groups in total. The zero-order valence-corrected chi connectivity index (χ0v) is 36.8. The van der Waals surface area contributed by atoms with Crippen LogP contribution >= 0.6 is 0 Å². The van der Waals surface area contributed by atoms with Crippen molar-refractivity contribution < 1.29 is 18.9 Å². The SMILES string of the molecule is Cc1cc(C)c([C@H]2N=C(C(C)(C)C3=N[C@H](c4c(C)cc(C)cc4C)[C@@H](COC(c4ccccc4)c4ccccc4)O3)O[C@@H]2COC(c2ccccc2)c2ccccc2)c(C)c1. The Balaban J connectivity index is 1.13. The number of hydrogen-bond acceptors (Lipinski definition) is 6. The normalized spacial score (nSPS) is 18.9. The van der Waals surface area contributed by atoms with Crippen LogP contribution in [0.15, 0.2) is 156 Å². The third kappa shape index (κ3) is 8.98. The number of rotatable bonds is 14. The highest BCUT2D eigenvalue weighted by molar-refractivity contribution is 6.05. The molecule has 0 aromatic heterocycles. The molecule has 0 saturated carbocycles. The van der Waals surface area contributed by atoms with Crippen LogP contribution in [-0.4, -0.2) is 37.2 Å². The zero-order valence-electron chi connectivity index (χ0n) is 36.8. The number of benzene rings is 6. The second-order valence-corrected chi connectivity index (χ2v) is 17.4. The standard InChI is InChI=1S/C55H58N2O4/c1-35-29-37(3)47(38(4)30-35)49-45(33-58-51(41-21-13-9-14-22-41)42-23-15-10-16-24-42)60-53(56-49)55(7,8)54-57-50(48-39(5)31-36(2)32-40(48)6)46(61-54)34-59-52(43-25-17-11-18-26-43)44-27-19-12-20-28-44/h9-32,45-46,49-52H,33-34H2,1-8H3/t45-,46-,49+,50+/m1/s1. The average Bonchev–Trinajstić information content (AvgIpc) is 3.88. The number of hydrogen-bond donors (Lipinski definition) is 0. The summed E-state index contributed by atoms with van der Waals surface area (Å²) in [5.74, 6) is 1.17. The first-order chi connectivity index (χ1) is 29.5. The number of nitrogens with zero attached hydrogens (tertiary/aromatic N) is 2. The number of aryl methyl sites for hydroxylation is 6. The molecule has 4 atom stereocenters. The smallest absolute Gasteiger partial charge is 0.199 e. The fraction of sp³-hybridized carbons (Fsp3) is 0.309. The fourth-order valence-electron chi connectivity index (χ4n) is 9.33. The summed E-state index contributed by atoms with van der Waals surface area (Å²) < 4.78 is 27.9. The highest BCUT2D eigenvalue weighted by atomic mass is 16.6. The van der Waals surface area contributed by atoms with Crippen molar-refractivity contribution in [1.29, 1.82) is 0 Å². The van der Waals surface area contributed by atoms with E-state index in [1.165, 1.54) is 33.4 Å². The van der Waals surface area contributed by atoms with E-state index in [1.807, 2.05) is 24.3 Å². The Hall–Kier alpha value is -5.82. The topological polar surface area (TPSA) is 61.6 Å². The van der Waals surface area contributed by atoms with Gasteiger partial charge in [0.1, 0.15) is 41.9 Å². The Labute approximate surface area is 362 Å². The molecule has 0 amide bonds. The lowest BCUT2D eigenvalue weighted by Gasteiger charge is -2.28. The molecular formula is C55H58N2O4. The molecule has 0 saturated heterocycles. The van der Waals surface area contributed by atoms with Crippen LogP contribution in [0.2, 0.25) is 0 Å². The molecule has 6 heteroatoms. The van der Waals surface area contributed by atoms with Gasteiger partial charge in [-0.1, -0.05) is 157 Å². The van der Waals surface area contributed by atoms with E-state index in [0.717, 1.165) is 33.4 Å². The Bertz CT molecular complexity index is 2200. The van der Waals surface area contributed by atoms with Crippen LogP contribution < -0.4 is 0 Å². The highest BCUT2D eigenvalue weighted by Crippen LogP contribution is 2.44. The van der Waals surface area contributed by atoms with Crippen molar-refractivity contribution in [3.05, 3.63) is 212 Å². The molecule has 2 heterocycles. The molecule has 6 nitrogen and oxygen atoms in total. The summed E-state index contributed by atoms with van der Waals surface area (Å²) in [6, 6.07) is 49.9. The zero-order chi connectivity index (χ0) is 42.7. The van der Waals surface area contributed by atoms with E-state index in [1.54, 1.807) is 0 Å².